The van der Waals surface area contributed by atoms with E-state index in [1.165, 1.54) is 12.1 Å². The van der Waals surface area contributed by atoms with Crippen molar-refractivity contribution in [3.05, 3.63) is 55.0 Å². The Morgan fingerprint density at radius 2 is 2.25 bits per heavy atom. The molecule has 0 spiro atoms. The molecule has 1 aromatic carbocycles. The Morgan fingerprint density at radius 3 is 2.90 bits per heavy atom. The highest BCUT2D eigenvalue weighted by atomic mass is 79.9. The molecule has 0 aliphatic carbocycles. The van der Waals surface area contributed by atoms with E-state index in [-0.39, 0.29) is 21.8 Å². The van der Waals surface area contributed by atoms with Crippen molar-refractivity contribution >= 4 is 21.6 Å². The Labute approximate surface area is 121 Å². The van der Waals surface area contributed by atoms with Crippen molar-refractivity contribution in [2.45, 2.75) is 13.3 Å². The molecule has 2 aromatic rings. The number of hydrogen-bond donors (Lipinski definition) is 1. The van der Waals surface area contributed by atoms with Crippen LogP contribution in [0.3, 0.4) is 0 Å². The van der Waals surface area contributed by atoms with Gasteiger partial charge in [-0.1, -0.05) is 13.0 Å². The molecular weight excluding hydrogens is 330 g/mol. The molecule has 0 radical (unpaired) electrons. The van der Waals surface area contributed by atoms with E-state index >= 15 is 0 Å². The normalized spacial score (nSPS) is 10.3. The summed E-state index contributed by atoms with van der Waals surface area (Å²) in [6.45, 7) is 1.90. The van der Waals surface area contributed by atoms with Crippen LogP contribution in [0.2, 0.25) is 0 Å². The minimum absolute atomic E-state index is 0.0268. The molecule has 2 rings (SSSR count). The van der Waals surface area contributed by atoms with Crippen LogP contribution >= 0.6 is 15.9 Å². The number of ether oxygens (including phenoxy) is 1. The Morgan fingerprint density at radius 1 is 1.50 bits per heavy atom. The number of benzene rings is 1. The van der Waals surface area contributed by atoms with Gasteiger partial charge in [0.1, 0.15) is 4.47 Å². The Kier molecular flexibility index (Phi) is 4.14. The van der Waals surface area contributed by atoms with E-state index in [9.17, 15) is 14.9 Å². The zero-order valence-corrected chi connectivity index (χ0v) is 12.0. The molecule has 7 nitrogen and oxygen atoms in total. The molecule has 1 aromatic heterocycles. The molecule has 0 aliphatic rings. The van der Waals surface area contributed by atoms with Gasteiger partial charge < -0.3 is 9.72 Å². The molecule has 0 saturated carbocycles. The predicted octanol–water partition coefficient (Wildman–Crippen LogP) is 2.80. The first-order chi connectivity index (χ1) is 9.52. The van der Waals surface area contributed by atoms with E-state index < -0.39 is 10.5 Å². The van der Waals surface area contributed by atoms with Crippen molar-refractivity contribution < 1.29 is 9.66 Å². The van der Waals surface area contributed by atoms with Crippen molar-refractivity contribution in [2.24, 2.45) is 0 Å². The molecule has 1 N–H and O–H groups in total. The van der Waals surface area contributed by atoms with E-state index in [1.54, 1.807) is 6.07 Å². The monoisotopic (exact) mass is 339 g/mol. The Hall–Kier alpha value is -2.22. The third-order valence-electron chi connectivity index (χ3n) is 2.60. The second kappa shape index (κ2) is 5.83. The standard InChI is InChI=1S/C12H10BrN3O4/c1-2-7-3-4-9(8(5-7)16(18)19)20-12-10(13)11(17)14-6-15-12/h3-6H,2H2,1H3,(H,14,15,17). The highest BCUT2D eigenvalue weighted by Crippen LogP contribution is 2.33. The number of nitrogens with zero attached hydrogens (tertiary/aromatic N) is 2. The van der Waals surface area contributed by atoms with E-state index in [2.05, 4.69) is 25.9 Å². The quantitative estimate of drug-likeness (QED) is 0.682. The van der Waals surface area contributed by atoms with E-state index in [1.807, 2.05) is 6.92 Å². The Bertz CT molecular complexity index is 714. The predicted molar refractivity (Wildman–Crippen MR) is 75.1 cm³/mol. The van der Waals surface area contributed by atoms with Crippen LogP contribution < -0.4 is 10.3 Å². The van der Waals surface area contributed by atoms with Crippen LogP contribution in [-0.4, -0.2) is 14.9 Å². The number of aromatic amines is 1. The highest BCUT2D eigenvalue weighted by molar-refractivity contribution is 9.10. The molecule has 20 heavy (non-hydrogen) atoms. The molecule has 8 heteroatoms. The minimum atomic E-state index is -0.532. The summed E-state index contributed by atoms with van der Waals surface area (Å²) in [5, 5.41) is 11.1. The lowest BCUT2D eigenvalue weighted by molar-refractivity contribution is -0.385. The molecule has 0 amide bonds. The fourth-order valence-electron chi connectivity index (χ4n) is 1.55. The molecule has 0 bridgehead atoms. The number of hydrogen-bond acceptors (Lipinski definition) is 5. The maximum absolute atomic E-state index is 11.4. The molecule has 0 fully saturated rings. The first kappa shape index (κ1) is 14.2. The van der Waals surface area contributed by atoms with Crippen LogP contribution in [-0.2, 0) is 6.42 Å². The number of nitro groups is 1. The van der Waals surface area contributed by atoms with Crippen molar-refractivity contribution in [1.29, 1.82) is 0 Å². The smallest absolute Gasteiger partial charge is 0.311 e. The van der Waals surface area contributed by atoms with Gasteiger partial charge in [-0.25, -0.2) is 4.98 Å². The summed E-state index contributed by atoms with van der Waals surface area (Å²) in [5.74, 6) is 0.00657. The van der Waals surface area contributed by atoms with Gasteiger partial charge in [0.2, 0.25) is 11.6 Å². The van der Waals surface area contributed by atoms with Gasteiger partial charge in [-0.2, -0.15) is 0 Å². The van der Waals surface area contributed by atoms with E-state index in [0.29, 0.717) is 6.42 Å². The summed E-state index contributed by atoms with van der Waals surface area (Å²) in [6.07, 6.45) is 1.84. The van der Waals surface area contributed by atoms with Gasteiger partial charge in [0.15, 0.2) is 0 Å². The highest BCUT2D eigenvalue weighted by Gasteiger charge is 2.18. The SMILES string of the molecule is CCc1ccc(Oc2nc[nH]c(=O)c2Br)c([N+](=O)[O-])c1. The second-order valence-electron chi connectivity index (χ2n) is 3.87. The van der Waals surface area contributed by atoms with Gasteiger partial charge in [0.05, 0.1) is 11.3 Å². The van der Waals surface area contributed by atoms with Crippen LogP contribution in [0.1, 0.15) is 12.5 Å². The van der Waals surface area contributed by atoms with Gasteiger partial charge in [-0.15, -0.1) is 0 Å². The average molecular weight is 340 g/mol. The summed E-state index contributed by atoms with van der Waals surface area (Å²) in [4.78, 5) is 28.1. The zero-order chi connectivity index (χ0) is 14.7. The third-order valence-corrected chi connectivity index (χ3v) is 3.30. The lowest BCUT2D eigenvalue weighted by atomic mass is 10.1. The molecule has 0 saturated heterocycles. The maximum Gasteiger partial charge on any atom is 0.311 e. The van der Waals surface area contributed by atoms with Crippen molar-refractivity contribution in [1.82, 2.24) is 9.97 Å². The van der Waals surface area contributed by atoms with Gasteiger partial charge >= 0.3 is 5.69 Å². The lowest BCUT2D eigenvalue weighted by Crippen LogP contribution is -2.08. The second-order valence-corrected chi connectivity index (χ2v) is 4.66. The summed E-state index contributed by atoms with van der Waals surface area (Å²) >= 11 is 3.03. The van der Waals surface area contributed by atoms with Crippen LogP contribution in [0.25, 0.3) is 0 Å². The zero-order valence-electron chi connectivity index (χ0n) is 10.4. The van der Waals surface area contributed by atoms with E-state index in [4.69, 9.17) is 4.74 Å². The van der Waals surface area contributed by atoms with Gasteiger partial charge in [0, 0.05) is 6.07 Å². The molecule has 0 atom stereocenters. The largest absolute Gasteiger partial charge is 0.430 e. The first-order valence-corrected chi connectivity index (χ1v) is 6.50. The lowest BCUT2D eigenvalue weighted by Gasteiger charge is -2.07. The fourth-order valence-corrected chi connectivity index (χ4v) is 1.85. The summed E-state index contributed by atoms with van der Waals surface area (Å²) in [5.41, 5.74) is 0.225. The third kappa shape index (κ3) is 2.85. The van der Waals surface area contributed by atoms with Gasteiger partial charge in [0.25, 0.3) is 5.56 Å². The van der Waals surface area contributed by atoms with Crippen LogP contribution in [0.5, 0.6) is 11.6 Å². The topological polar surface area (TPSA) is 98.1 Å². The number of nitro benzene ring substituents is 1. The van der Waals surface area contributed by atoms with Crippen LogP contribution in [0.4, 0.5) is 5.69 Å². The van der Waals surface area contributed by atoms with Gasteiger partial charge in [-0.05, 0) is 34.0 Å². The molecule has 104 valence electrons. The minimum Gasteiger partial charge on any atom is -0.430 e. The summed E-state index contributed by atoms with van der Waals surface area (Å²) in [7, 11) is 0. The average Bonchev–Trinajstić information content (AvgIpc) is 2.44. The van der Waals surface area contributed by atoms with E-state index in [0.717, 1.165) is 11.9 Å². The van der Waals surface area contributed by atoms with Crippen LogP contribution in [0, 0.1) is 10.1 Å². The number of rotatable bonds is 4. The number of halogens is 1. The fraction of sp³-hybridized carbons (Fsp3) is 0.167. The maximum atomic E-state index is 11.4. The number of H-pyrrole nitrogens is 1. The first-order valence-electron chi connectivity index (χ1n) is 5.71. The van der Waals surface area contributed by atoms with Crippen molar-refractivity contribution in [3.8, 4) is 11.6 Å². The van der Waals surface area contributed by atoms with Crippen LogP contribution in [0.15, 0.2) is 33.8 Å². The van der Waals surface area contributed by atoms with Crippen molar-refractivity contribution in [2.75, 3.05) is 0 Å². The molecule has 0 unspecified atom stereocenters. The molecular formula is C12H10BrN3O4. The molecule has 1 heterocycles. The summed E-state index contributed by atoms with van der Waals surface area (Å²) in [6, 6.07) is 4.66. The molecule has 0 aliphatic heterocycles. The number of aryl methyl sites for hydroxylation is 1. The Balaban J connectivity index is 2.45. The van der Waals surface area contributed by atoms with Gasteiger partial charge in [-0.3, -0.25) is 14.9 Å². The number of nitrogens with one attached hydrogen (secondary N) is 1. The summed E-state index contributed by atoms with van der Waals surface area (Å²) < 4.78 is 5.44. The number of aromatic nitrogens is 2. The van der Waals surface area contributed by atoms with Crippen molar-refractivity contribution in [3.63, 3.8) is 0 Å².